The van der Waals surface area contributed by atoms with Gasteiger partial charge in [0.25, 0.3) is 5.89 Å². The van der Waals surface area contributed by atoms with E-state index in [1.165, 1.54) is 12.1 Å². The Morgan fingerprint density at radius 2 is 2.11 bits per heavy atom. The molecule has 0 saturated carbocycles. The van der Waals surface area contributed by atoms with Gasteiger partial charge in [-0.05, 0) is 24.6 Å². The highest BCUT2D eigenvalue weighted by Gasteiger charge is 2.10. The molecule has 0 aliphatic heterocycles. The van der Waals surface area contributed by atoms with E-state index in [0.29, 0.717) is 24.6 Å². The first kappa shape index (κ1) is 12.4. The minimum Gasteiger partial charge on any atom is -0.504 e. The van der Waals surface area contributed by atoms with Gasteiger partial charge in [-0.1, -0.05) is 12.1 Å². The highest BCUT2D eigenvalue weighted by molar-refractivity contribution is 5.58. The van der Waals surface area contributed by atoms with Crippen LogP contribution in [0.25, 0.3) is 11.5 Å². The smallest absolute Gasteiger partial charge is 0.258 e. The molecule has 2 aromatic rings. The largest absolute Gasteiger partial charge is 0.504 e. The number of hydrogen-bond acceptors (Lipinski definition) is 6. The highest BCUT2D eigenvalue weighted by Crippen LogP contribution is 2.29. The van der Waals surface area contributed by atoms with Crippen molar-refractivity contribution >= 4 is 0 Å². The van der Waals surface area contributed by atoms with E-state index >= 15 is 0 Å². The molecule has 1 aromatic carbocycles. The van der Waals surface area contributed by atoms with E-state index < -0.39 is 0 Å². The molecule has 0 fully saturated rings. The second-order valence-corrected chi connectivity index (χ2v) is 3.77. The third-order valence-electron chi connectivity index (χ3n) is 2.27. The number of rotatable bonds is 5. The van der Waals surface area contributed by atoms with Crippen molar-refractivity contribution in [2.45, 2.75) is 20.0 Å². The number of aromatic nitrogens is 2. The summed E-state index contributed by atoms with van der Waals surface area (Å²) in [5.74, 6) is 0.311. The second-order valence-electron chi connectivity index (χ2n) is 3.77. The normalized spacial score (nSPS) is 10.7. The number of aromatic hydroxyl groups is 2. The molecule has 0 radical (unpaired) electrons. The molecule has 0 unspecified atom stereocenters. The molecule has 96 valence electrons. The van der Waals surface area contributed by atoms with Crippen molar-refractivity contribution in [3.63, 3.8) is 0 Å². The van der Waals surface area contributed by atoms with Gasteiger partial charge in [-0.3, -0.25) is 0 Å². The van der Waals surface area contributed by atoms with Gasteiger partial charge in [0.05, 0.1) is 0 Å². The Morgan fingerprint density at radius 1 is 1.28 bits per heavy atom. The zero-order chi connectivity index (χ0) is 13.0. The zero-order valence-electron chi connectivity index (χ0n) is 9.96. The summed E-state index contributed by atoms with van der Waals surface area (Å²) in [6, 6.07) is 4.31. The Balaban J connectivity index is 2.11. The first-order valence-corrected chi connectivity index (χ1v) is 5.63. The Bertz CT molecular complexity index is 525. The number of phenolic OH excluding ortho intramolecular Hbond substituents is 2. The Hall–Kier alpha value is -2.08. The Labute approximate surface area is 104 Å². The van der Waals surface area contributed by atoms with Crippen molar-refractivity contribution < 1.29 is 19.5 Å². The average Bonchev–Trinajstić information content (AvgIpc) is 2.82. The lowest BCUT2D eigenvalue weighted by Gasteiger charge is -1.98. The van der Waals surface area contributed by atoms with Crippen LogP contribution in [0.3, 0.4) is 0 Å². The molecule has 0 amide bonds. The maximum atomic E-state index is 9.38. The minimum absolute atomic E-state index is 0.190. The molecule has 0 atom stereocenters. The van der Waals surface area contributed by atoms with Crippen molar-refractivity contribution in [2.24, 2.45) is 0 Å². The van der Waals surface area contributed by atoms with Crippen LogP contribution in [0.15, 0.2) is 22.7 Å². The first-order chi connectivity index (χ1) is 8.70. The number of hydrogen-bond donors (Lipinski definition) is 2. The summed E-state index contributed by atoms with van der Waals surface area (Å²) in [4.78, 5) is 4.13. The van der Waals surface area contributed by atoms with Crippen LogP contribution in [0.1, 0.15) is 19.2 Å². The van der Waals surface area contributed by atoms with Crippen molar-refractivity contribution in [3.8, 4) is 23.0 Å². The summed E-state index contributed by atoms with van der Waals surface area (Å²) in [5, 5.41) is 22.3. The van der Waals surface area contributed by atoms with Crippen LogP contribution in [0.4, 0.5) is 0 Å². The summed E-state index contributed by atoms with van der Waals surface area (Å²) in [7, 11) is 0. The van der Waals surface area contributed by atoms with Gasteiger partial charge in [0.1, 0.15) is 6.61 Å². The van der Waals surface area contributed by atoms with Gasteiger partial charge in [0.15, 0.2) is 17.3 Å². The Morgan fingerprint density at radius 3 is 2.83 bits per heavy atom. The van der Waals surface area contributed by atoms with E-state index in [9.17, 15) is 10.2 Å². The molecular formula is C12H14N2O4. The first-order valence-electron chi connectivity index (χ1n) is 5.63. The SMILES string of the molecule is CCCOCc1noc(-c2ccc(O)c(O)c2)n1. The van der Waals surface area contributed by atoms with Crippen molar-refractivity contribution in [3.05, 3.63) is 24.0 Å². The number of benzene rings is 1. The van der Waals surface area contributed by atoms with E-state index in [0.717, 1.165) is 6.42 Å². The molecule has 0 aliphatic carbocycles. The van der Waals surface area contributed by atoms with Gasteiger partial charge < -0.3 is 19.5 Å². The van der Waals surface area contributed by atoms with Gasteiger partial charge >= 0.3 is 0 Å². The minimum atomic E-state index is -0.227. The molecular weight excluding hydrogens is 236 g/mol. The van der Waals surface area contributed by atoms with Crippen LogP contribution in [0.2, 0.25) is 0 Å². The fourth-order valence-corrected chi connectivity index (χ4v) is 1.39. The third-order valence-corrected chi connectivity index (χ3v) is 2.27. The topological polar surface area (TPSA) is 88.6 Å². The lowest BCUT2D eigenvalue weighted by Crippen LogP contribution is -1.95. The van der Waals surface area contributed by atoms with Crippen LogP contribution in [-0.2, 0) is 11.3 Å². The van der Waals surface area contributed by atoms with E-state index in [2.05, 4.69) is 10.1 Å². The molecule has 1 heterocycles. The van der Waals surface area contributed by atoms with Crippen molar-refractivity contribution in [1.29, 1.82) is 0 Å². The Kier molecular flexibility index (Phi) is 3.78. The summed E-state index contributed by atoms with van der Waals surface area (Å²) in [6.45, 7) is 2.95. The van der Waals surface area contributed by atoms with Crippen molar-refractivity contribution in [1.82, 2.24) is 10.1 Å². The average molecular weight is 250 g/mol. The molecule has 1 aromatic heterocycles. The predicted molar refractivity (Wildman–Crippen MR) is 63.0 cm³/mol. The van der Waals surface area contributed by atoms with Crippen molar-refractivity contribution in [2.75, 3.05) is 6.61 Å². The summed E-state index contributed by atoms with van der Waals surface area (Å²) >= 11 is 0. The lowest BCUT2D eigenvalue weighted by atomic mass is 10.2. The third kappa shape index (κ3) is 2.78. The van der Waals surface area contributed by atoms with Crippen LogP contribution in [0.5, 0.6) is 11.5 Å². The molecule has 18 heavy (non-hydrogen) atoms. The molecule has 0 spiro atoms. The standard InChI is InChI=1S/C12H14N2O4/c1-2-5-17-7-11-13-12(18-14-11)8-3-4-9(15)10(16)6-8/h3-4,6,15-16H,2,5,7H2,1H3. The van der Waals surface area contributed by atoms with E-state index in [4.69, 9.17) is 9.26 Å². The number of ether oxygens (including phenoxy) is 1. The molecule has 0 bridgehead atoms. The van der Waals surface area contributed by atoms with Gasteiger partial charge in [0.2, 0.25) is 0 Å². The lowest BCUT2D eigenvalue weighted by molar-refractivity contribution is 0.114. The molecule has 0 aliphatic rings. The summed E-state index contributed by atoms with van der Waals surface area (Å²) in [5.41, 5.74) is 0.541. The second kappa shape index (κ2) is 5.50. The van der Waals surface area contributed by atoms with Gasteiger partial charge in [-0.2, -0.15) is 4.98 Å². The fraction of sp³-hybridized carbons (Fsp3) is 0.333. The van der Waals surface area contributed by atoms with Gasteiger partial charge in [-0.15, -0.1) is 0 Å². The van der Waals surface area contributed by atoms with Crippen LogP contribution in [0, 0.1) is 0 Å². The van der Waals surface area contributed by atoms with E-state index in [1.807, 2.05) is 6.92 Å². The molecule has 6 heteroatoms. The molecule has 6 nitrogen and oxygen atoms in total. The number of nitrogens with zero attached hydrogens (tertiary/aromatic N) is 2. The number of phenols is 2. The quantitative estimate of drug-likeness (QED) is 0.623. The van der Waals surface area contributed by atoms with Gasteiger partial charge in [0, 0.05) is 12.2 Å². The summed E-state index contributed by atoms with van der Waals surface area (Å²) < 4.78 is 10.3. The maximum Gasteiger partial charge on any atom is 0.258 e. The zero-order valence-corrected chi connectivity index (χ0v) is 9.96. The summed E-state index contributed by atoms with van der Waals surface area (Å²) in [6.07, 6.45) is 0.927. The fourth-order valence-electron chi connectivity index (χ4n) is 1.39. The van der Waals surface area contributed by atoms with Gasteiger partial charge in [-0.25, -0.2) is 0 Å². The monoisotopic (exact) mass is 250 g/mol. The molecule has 0 saturated heterocycles. The molecule has 2 N–H and O–H groups in total. The van der Waals surface area contributed by atoms with Crippen LogP contribution >= 0.6 is 0 Å². The van der Waals surface area contributed by atoms with E-state index in [-0.39, 0.29) is 17.4 Å². The van der Waals surface area contributed by atoms with Crippen LogP contribution in [-0.4, -0.2) is 27.0 Å². The predicted octanol–water partition coefficient (Wildman–Crippen LogP) is 2.07. The van der Waals surface area contributed by atoms with Crippen LogP contribution < -0.4 is 0 Å². The van der Waals surface area contributed by atoms with E-state index in [1.54, 1.807) is 6.07 Å². The molecule has 2 rings (SSSR count). The highest BCUT2D eigenvalue weighted by atomic mass is 16.5. The maximum absolute atomic E-state index is 9.38.